The highest BCUT2D eigenvalue weighted by Crippen LogP contribution is 2.29. The first-order valence-corrected chi connectivity index (χ1v) is 7.26. The van der Waals surface area contributed by atoms with E-state index in [9.17, 15) is 10.2 Å². The molecule has 1 aromatic carbocycles. The minimum Gasteiger partial charge on any atom is -0.497 e. The van der Waals surface area contributed by atoms with Gasteiger partial charge in [-0.15, -0.1) is 0 Å². The number of aliphatic hydroxyl groups excluding tert-OH is 2. The zero-order valence-electron chi connectivity index (χ0n) is 13.3. The minimum absolute atomic E-state index is 0.346. The Labute approximate surface area is 126 Å². The van der Waals surface area contributed by atoms with Crippen LogP contribution in [-0.4, -0.2) is 43.6 Å². The van der Waals surface area contributed by atoms with Crippen molar-refractivity contribution < 1.29 is 19.7 Å². The van der Waals surface area contributed by atoms with E-state index >= 15 is 0 Å². The number of aliphatic hydroxyl groups is 2. The van der Waals surface area contributed by atoms with E-state index in [2.05, 4.69) is 19.2 Å². The third kappa shape index (κ3) is 5.91. The third-order valence-electron chi connectivity index (χ3n) is 3.26. The number of nitrogens with one attached hydrogen (secondary N) is 1. The van der Waals surface area contributed by atoms with E-state index < -0.39 is 12.2 Å². The van der Waals surface area contributed by atoms with Gasteiger partial charge in [-0.1, -0.05) is 13.8 Å². The van der Waals surface area contributed by atoms with Crippen LogP contribution in [0.1, 0.15) is 31.9 Å². The average Bonchev–Trinajstić information content (AvgIpc) is 2.45. The second-order valence-corrected chi connectivity index (χ2v) is 5.57. The van der Waals surface area contributed by atoms with Gasteiger partial charge in [-0.2, -0.15) is 0 Å². The molecule has 0 aliphatic rings. The van der Waals surface area contributed by atoms with Crippen LogP contribution in [0, 0.1) is 5.92 Å². The van der Waals surface area contributed by atoms with Crippen LogP contribution in [0.25, 0.3) is 0 Å². The van der Waals surface area contributed by atoms with Gasteiger partial charge in [0, 0.05) is 18.7 Å². The highest BCUT2D eigenvalue weighted by Gasteiger charge is 2.15. The van der Waals surface area contributed by atoms with Crippen LogP contribution in [0.2, 0.25) is 0 Å². The van der Waals surface area contributed by atoms with Crippen LogP contribution in [-0.2, 0) is 0 Å². The number of ether oxygens (including phenoxy) is 2. The molecular formula is C16H27NO4. The molecule has 0 saturated heterocycles. The molecule has 0 aromatic heterocycles. The summed E-state index contributed by atoms with van der Waals surface area (Å²) in [5.74, 6) is 1.74. The Morgan fingerprint density at radius 2 is 1.81 bits per heavy atom. The molecule has 0 radical (unpaired) electrons. The van der Waals surface area contributed by atoms with Crippen LogP contribution < -0.4 is 14.8 Å². The average molecular weight is 297 g/mol. The van der Waals surface area contributed by atoms with Gasteiger partial charge in [-0.3, -0.25) is 0 Å². The number of benzene rings is 1. The largest absolute Gasteiger partial charge is 0.497 e. The van der Waals surface area contributed by atoms with Gasteiger partial charge in [-0.25, -0.2) is 0 Å². The molecule has 3 N–H and O–H groups in total. The van der Waals surface area contributed by atoms with Gasteiger partial charge in [0.05, 0.1) is 26.4 Å². The van der Waals surface area contributed by atoms with Crippen molar-refractivity contribution >= 4 is 0 Å². The zero-order valence-corrected chi connectivity index (χ0v) is 13.3. The molecule has 0 spiro atoms. The van der Waals surface area contributed by atoms with Crippen LogP contribution >= 0.6 is 0 Å². The predicted octanol–water partition coefficient (Wildman–Crippen LogP) is 1.73. The summed E-state index contributed by atoms with van der Waals surface area (Å²) < 4.78 is 10.4. The zero-order chi connectivity index (χ0) is 15.8. The molecule has 5 heteroatoms. The van der Waals surface area contributed by atoms with Gasteiger partial charge >= 0.3 is 0 Å². The lowest BCUT2D eigenvalue weighted by Crippen LogP contribution is -2.31. The molecule has 0 amide bonds. The number of rotatable bonds is 9. The molecule has 0 bridgehead atoms. The van der Waals surface area contributed by atoms with Crippen molar-refractivity contribution in [1.29, 1.82) is 0 Å². The fraction of sp³-hybridized carbons (Fsp3) is 0.625. The normalized spacial score (nSPS) is 14.0. The van der Waals surface area contributed by atoms with Crippen LogP contribution in [0.3, 0.4) is 0 Å². The summed E-state index contributed by atoms with van der Waals surface area (Å²) in [5.41, 5.74) is 0.669. The molecule has 120 valence electrons. The smallest absolute Gasteiger partial charge is 0.124 e. The first-order chi connectivity index (χ1) is 9.97. The van der Waals surface area contributed by atoms with Gasteiger partial charge in [0.2, 0.25) is 0 Å². The Morgan fingerprint density at radius 3 is 2.38 bits per heavy atom. The van der Waals surface area contributed by atoms with E-state index in [-0.39, 0.29) is 0 Å². The summed E-state index contributed by atoms with van der Waals surface area (Å²) in [6.45, 7) is 4.94. The minimum atomic E-state index is -0.721. The molecule has 21 heavy (non-hydrogen) atoms. The Balaban J connectivity index is 2.56. The van der Waals surface area contributed by atoms with E-state index in [0.29, 0.717) is 36.1 Å². The fourth-order valence-electron chi connectivity index (χ4n) is 2.22. The lowest BCUT2D eigenvalue weighted by atomic mass is 10.1. The van der Waals surface area contributed by atoms with Crippen molar-refractivity contribution in [3.63, 3.8) is 0 Å². The summed E-state index contributed by atoms with van der Waals surface area (Å²) in [5, 5.41) is 23.1. The number of hydrogen-bond acceptors (Lipinski definition) is 5. The van der Waals surface area contributed by atoms with Crippen LogP contribution in [0.4, 0.5) is 0 Å². The first-order valence-electron chi connectivity index (χ1n) is 7.26. The van der Waals surface area contributed by atoms with Crippen molar-refractivity contribution in [3.05, 3.63) is 23.8 Å². The molecule has 0 aliphatic carbocycles. The van der Waals surface area contributed by atoms with Crippen LogP contribution in [0.15, 0.2) is 18.2 Å². The quantitative estimate of drug-likeness (QED) is 0.647. The summed E-state index contributed by atoms with van der Waals surface area (Å²) in [6, 6.07) is 5.32. The third-order valence-corrected chi connectivity index (χ3v) is 3.26. The molecule has 0 aliphatic heterocycles. The second kappa shape index (κ2) is 8.87. The molecule has 1 aromatic rings. The molecule has 2 unspecified atom stereocenters. The Morgan fingerprint density at radius 1 is 1.10 bits per heavy atom. The van der Waals surface area contributed by atoms with Crippen molar-refractivity contribution in [2.45, 2.75) is 32.5 Å². The maximum absolute atomic E-state index is 10.3. The van der Waals surface area contributed by atoms with E-state index in [1.165, 1.54) is 0 Å². The fourth-order valence-corrected chi connectivity index (χ4v) is 2.22. The van der Waals surface area contributed by atoms with Gasteiger partial charge in [-0.05, 0) is 30.5 Å². The van der Waals surface area contributed by atoms with Crippen molar-refractivity contribution in [2.75, 3.05) is 27.3 Å². The Bertz CT molecular complexity index is 423. The summed E-state index contributed by atoms with van der Waals surface area (Å²) >= 11 is 0. The Kier molecular flexibility index (Phi) is 7.50. The number of methoxy groups -OCH3 is 2. The van der Waals surface area contributed by atoms with Gasteiger partial charge < -0.3 is 25.0 Å². The van der Waals surface area contributed by atoms with Crippen molar-refractivity contribution in [3.8, 4) is 11.5 Å². The molecule has 0 heterocycles. The summed E-state index contributed by atoms with van der Waals surface area (Å²) in [7, 11) is 3.15. The van der Waals surface area contributed by atoms with Gasteiger partial charge in [0.1, 0.15) is 11.5 Å². The SMILES string of the molecule is COc1ccc(OC)c(C(O)CNCC(O)CC(C)C)c1. The molecule has 0 fully saturated rings. The highest BCUT2D eigenvalue weighted by molar-refractivity contribution is 5.41. The van der Waals surface area contributed by atoms with Crippen molar-refractivity contribution in [2.24, 2.45) is 5.92 Å². The van der Waals surface area contributed by atoms with E-state index in [1.807, 2.05) is 0 Å². The standard InChI is InChI=1S/C16H27NO4/c1-11(2)7-12(18)9-17-10-15(19)14-8-13(20-3)5-6-16(14)21-4/h5-6,8,11-12,15,17-19H,7,9-10H2,1-4H3. The monoisotopic (exact) mass is 297 g/mol. The molecule has 0 saturated carbocycles. The molecular weight excluding hydrogens is 270 g/mol. The molecule has 5 nitrogen and oxygen atoms in total. The molecule has 1 rings (SSSR count). The maximum Gasteiger partial charge on any atom is 0.124 e. The summed E-state index contributed by atoms with van der Waals surface area (Å²) in [4.78, 5) is 0. The van der Waals surface area contributed by atoms with E-state index in [4.69, 9.17) is 9.47 Å². The summed E-state index contributed by atoms with van der Waals surface area (Å²) in [6.07, 6.45) is -0.378. The topological polar surface area (TPSA) is 71.0 Å². The first kappa shape index (κ1) is 17.8. The van der Waals surface area contributed by atoms with E-state index in [0.717, 1.165) is 6.42 Å². The van der Waals surface area contributed by atoms with Gasteiger partial charge in [0.15, 0.2) is 0 Å². The van der Waals surface area contributed by atoms with E-state index in [1.54, 1.807) is 32.4 Å². The predicted molar refractivity (Wildman–Crippen MR) is 82.8 cm³/mol. The lowest BCUT2D eigenvalue weighted by Gasteiger charge is -2.18. The van der Waals surface area contributed by atoms with Gasteiger partial charge in [0.25, 0.3) is 0 Å². The lowest BCUT2D eigenvalue weighted by molar-refractivity contribution is 0.130. The Hall–Kier alpha value is -1.30. The van der Waals surface area contributed by atoms with Crippen molar-refractivity contribution in [1.82, 2.24) is 5.32 Å². The van der Waals surface area contributed by atoms with Crippen LogP contribution in [0.5, 0.6) is 11.5 Å². The maximum atomic E-state index is 10.3. The second-order valence-electron chi connectivity index (χ2n) is 5.57. The number of hydrogen-bond donors (Lipinski definition) is 3. The highest BCUT2D eigenvalue weighted by atomic mass is 16.5. The molecule has 2 atom stereocenters.